The number of methoxy groups -OCH3 is 1. The van der Waals surface area contributed by atoms with Crippen molar-refractivity contribution in [2.75, 3.05) is 13.7 Å². The highest BCUT2D eigenvalue weighted by atomic mass is 32.2. The molecule has 0 aliphatic rings. The van der Waals surface area contributed by atoms with Crippen LogP contribution in [0.3, 0.4) is 0 Å². The summed E-state index contributed by atoms with van der Waals surface area (Å²) in [5.41, 5.74) is 2.47. The van der Waals surface area contributed by atoms with Crippen LogP contribution in [0.5, 0.6) is 5.75 Å². The van der Waals surface area contributed by atoms with Gasteiger partial charge in [0.1, 0.15) is 16.3 Å². The third-order valence-corrected chi connectivity index (χ3v) is 6.06. The van der Waals surface area contributed by atoms with Gasteiger partial charge in [0.05, 0.1) is 25.5 Å². The molecule has 0 fully saturated rings. The number of hydrogen-bond acceptors (Lipinski definition) is 4. The maximum Gasteiger partial charge on any atom is 0.247 e. The minimum Gasteiger partial charge on any atom is -0.495 e. The van der Waals surface area contributed by atoms with Crippen LogP contribution in [0.15, 0.2) is 53.7 Å². The Labute approximate surface area is 147 Å². The summed E-state index contributed by atoms with van der Waals surface area (Å²) in [5, 5.41) is 0. The lowest BCUT2D eigenvalue weighted by atomic mass is 10.2. The molecule has 0 radical (unpaired) electrons. The third kappa shape index (κ3) is 3.25. The van der Waals surface area contributed by atoms with E-state index in [1.165, 1.54) is 11.4 Å². The highest BCUT2D eigenvalue weighted by Gasteiger charge is 2.27. The zero-order valence-electron chi connectivity index (χ0n) is 14.5. The Morgan fingerprint density at radius 3 is 2.76 bits per heavy atom. The number of sulfonamides is 1. The summed E-state index contributed by atoms with van der Waals surface area (Å²) in [5.74, 6) is 0.349. The summed E-state index contributed by atoms with van der Waals surface area (Å²) in [6.07, 6.45) is 3.59. The summed E-state index contributed by atoms with van der Waals surface area (Å²) in [4.78, 5) is 4.51. The van der Waals surface area contributed by atoms with E-state index >= 15 is 0 Å². The van der Waals surface area contributed by atoms with Gasteiger partial charge in [0.2, 0.25) is 10.0 Å². The number of aryl methyl sites for hydroxylation is 1. The van der Waals surface area contributed by atoms with Crippen molar-refractivity contribution >= 4 is 15.7 Å². The fraction of sp³-hybridized carbons (Fsp3) is 0.278. The summed E-state index contributed by atoms with van der Waals surface area (Å²) in [6.45, 7) is 4.27. The molecule has 7 heteroatoms. The van der Waals surface area contributed by atoms with Crippen LogP contribution < -0.4 is 4.74 Å². The maximum atomic E-state index is 13.2. The maximum absolute atomic E-state index is 13.2. The van der Waals surface area contributed by atoms with E-state index in [4.69, 9.17) is 4.74 Å². The minimum atomic E-state index is -3.69. The summed E-state index contributed by atoms with van der Waals surface area (Å²) in [6, 6.07) is 10.8. The highest BCUT2D eigenvalue weighted by Crippen LogP contribution is 2.28. The monoisotopic (exact) mass is 359 g/mol. The fourth-order valence-electron chi connectivity index (χ4n) is 2.77. The Bertz CT molecular complexity index is 996. The normalized spacial score (nSPS) is 12.0. The van der Waals surface area contributed by atoms with Crippen molar-refractivity contribution in [3.63, 3.8) is 0 Å². The number of pyridine rings is 1. The molecule has 0 saturated heterocycles. The quantitative estimate of drug-likeness (QED) is 0.679. The molecular weight excluding hydrogens is 338 g/mol. The molecule has 6 nitrogen and oxygen atoms in total. The molecule has 0 unspecified atom stereocenters. The minimum absolute atomic E-state index is 0.186. The predicted molar refractivity (Wildman–Crippen MR) is 96.2 cm³/mol. The number of rotatable bonds is 6. The van der Waals surface area contributed by atoms with Crippen LogP contribution >= 0.6 is 0 Å². The van der Waals surface area contributed by atoms with Gasteiger partial charge < -0.3 is 9.14 Å². The number of fused-ring (bicyclic) bond motifs is 1. The van der Waals surface area contributed by atoms with Crippen LogP contribution in [0.1, 0.15) is 18.2 Å². The van der Waals surface area contributed by atoms with Crippen molar-refractivity contribution in [3.05, 3.63) is 60.0 Å². The van der Waals surface area contributed by atoms with Crippen molar-refractivity contribution in [3.8, 4) is 5.75 Å². The number of benzene rings is 1. The molecule has 0 aliphatic heterocycles. The molecule has 0 N–H and O–H groups in total. The smallest absolute Gasteiger partial charge is 0.247 e. The number of hydrogen-bond donors (Lipinski definition) is 0. The standard InChI is InChI=1S/C18H21N3O3S/c1-4-20(13-15-12-19-18-7-5-6-10-21(15)18)25(22,23)17-11-14(2)8-9-16(17)24-3/h5-12H,4,13H2,1-3H3. The molecule has 0 saturated carbocycles. The van der Waals surface area contributed by atoms with Crippen LogP contribution in [0, 0.1) is 6.92 Å². The van der Waals surface area contributed by atoms with Crippen molar-refractivity contribution in [2.24, 2.45) is 0 Å². The first kappa shape index (κ1) is 17.4. The van der Waals surface area contributed by atoms with E-state index in [1.807, 2.05) is 48.7 Å². The molecule has 25 heavy (non-hydrogen) atoms. The van der Waals surface area contributed by atoms with Crippen LogP contribution in [0.4, 0.5) is 0 Å². The van der Waals surface area contributed by atoms with E-state index in [2.05, 4.69) is 4.98 Å². The van der Waals surface area contributed by atoms with Crippen molar-refractivity contribution in [2.45, 2.75) is 25.3 Å². The second-order valence-corrected chi connectivity index (χ2v) is 7.67. The van der Waals surface area contributed by atoms with E-state index in [1.54, 1.807) is 18.3 Å². The first-order valence-electron chi connectivity index (χ1n) is 8.03. The average molecular weight is 359 g/mol. The highest BCUT2D eigenvalue weighted by molar-refractivity contribution is 7.89. The van der Waals surface area contributed by atoms with Crippen LogP contribution in [-0.2, 0) is 16.6 Å². The van der Waals surface area contributed by atoms with E-state index in [0.29, 0.717) is 12.3 Å². The SMILES string of the molecule is CCN(Cc1cnc2ccccn12)S(=O)(=O)c1cc(C)ccc1OC. The van der Waals surface area contributed by atoms with E-state index < -0.39 is 10.0 Å². The van der Waals surface area contributed by atoms with Crippen molar-refractivity contribution < 1.29 is 13.2 Å². The molecular formula is C18H21N3O3S. The lowest BCUT2D eigenvalue weighted by Crippen LogP contribution is -2.31. The van der Waals surface area contributed by atoms with Gasteiger partial charge in [-0.05, 0) is 36.8 Å². The molecule has 0 aliphatic carbocycles. The molecule has 0 amide bonds. The topological polar surface area (TPSA) is 63.9 Å². The Kier molecular flexibility index (Phi) is 4.78. The van der Waals surface area contributed by atoms with Gasteiger partial charge in [-0.1, -0.05) is 19.1 Å². The van der Waals surface area contributed by atoms with E-state index in [9.17, 15) is 8.42 Å². The molecule has 0 atom stereocenters. The first-order valence-corrected chi connectivity index (χ1v) is 9.47. The molecule has 132 valence electrons. The number of nitrogens with zero attached hydrogens (tertiary/aromatic N) is 3. The Morgan fingerprint density at radius 1 is 1.24 bits per heavy atom. The molecule has 0 bridgehead atoms. The van der Waals surface area contributed by atoms with Gasteiger partial charge >= 0.3 is 0 Å². The molecule has 2 aromatic heterocycles. The first-order chi connectivity index (χ1) is 12.0. The van der Waals surface area contributed by atoms with Gasteiger partial charge in [-0.25, -0.2) is 13.4 Å². The molecule has 3 aromatic rings. The number of aromatic nitrogens is 2. The van der Waals surface area contributed by atoms with Crippen LogP contribution in [0.25, 0.3) is 5.65 Å². The zero-order chi connectivity index (χ0) is 18.0. The van der Waals surface area contributed by atoms with Crippen LogP contribution in [-0.4, -0.2) is 35.8 Å². The average Bonchev–Trinajstić information content (AvgIpc) is 3.02. The van der Waals surface area contributed by atoms with Gasteiger partial charge in [0.15, 0.2) is 0 Å². The molecule has 1 aromatic carbocycles. The van der Waals surface area contributed by atoms with Gasteiger partial charge in [-0.2, -0.15) is 4.31 Å². The van der Waals surface area contributed by atoms with Crippen molar-refractivity contribution in [1.82, 2.24) is 13.7 Å². The largest absolute Gasteiger partial charge is 0.495 e. The number of ether oxygens (including phenoxy) is 1. The summed E-state index contributed by atoms with van der Waals surface area (Å²) < 4.78 is 34.9. The van der Waals surface area contributed by atoms with Crippen LogP contribution in [0.2, 0.25) is 0 Å². The zero-order valence-corrected chi connectivity index (χ0v) is 15.3. The number of imidazole rings is 1. The van der Waals surface area contributed by atoms with Crippen molar-refractivity contribution in [1.29, 1.82) is 0 Å². The molecule has 3 rings (SSSR count). The van der Waals surface area contributed by atoms with Gasteiger partial charge in [0.25, 0.3) is 0 Å². The Morgan fingerprint density at radius 2 is 2.04 bits per heavy atom. The van der Waals surface area contributed by atoms with E-state index in [-0.39, 0.29) is 11.4 Å². The second-order valence-electron chi connectivity index (χ2n) is 5.76. The Balaban J connectivity index is 2.01. The molecule has 2 heterocycles. The van der Waals surface area contributed by atoms with Gasteiger partial charge in [0, 0.05) is 12.7 Å². The lowest BCUT2D eigenvalue weighted by molar-refractivity contribution is 0.389. The lowest BCUT2D eigenvalue weighted by Gasteiger charge is -2.22. The summed E-state index contributed by atoms with van der Waals surface area (Å²) in [7, 11) is -2.22. The van der Waals surface area contributed by atoms with Gasteiger partial charge in [-0.15, -0.1) is 0 Å². The third-order valence-electron chi connectivity index (χ3n) is 4.12. The van der Waals surface area contributed by atoms with E-state index in [0.717, 1.165) is 16.9 Å². The molecule has 0 spiro atoms. The Hall–Kier alpha value is -2.38. The fourth-order valence-corrected chi connectivity index (χ4v) is 4.43. The van der Waals surface area contributed by atoms with Gasteiger partial charge in [-0.3, -0.25) is 0 Å². The predicted octanol–water partition coefficient (Wildman–Crippen LogP) is 2.86. The second kappa shape index (κ2) is 6.85. The summed E-state index contributed by atoms with van der Waals surface area (Å²) >= 11 is 0.